The molecule has 1 aromatic rings. The molecule has 0 heterocycles. The van der Waals surface area contributed by atoms with Gasteiger partial charge in [0.25, 0.3) is 0 Å². The maximum Gasteiger partial charge on any atom is 0.0279 e. The van der Waals surface area contributed by atoms with E-state index in [1.165, 1.54) is 42.4 Å². The van der Waals surface area contributed by atoms with Crippen molar-refractivity contribution >= 4 is 0 Å². The Morgan fingerprint density at radius 2 is 2.11 bits per heavy atom. The largest absolute Gasteiger partial charge is 0.271 e. The van der Waals surface area contributed by atoms with Crippen molar-refractivity contribution < 1.29 is 0 Å². The van der Waals surface area contributed by atoms with E-state index in [1.807, 2.05) is 0 Å². The molecule has 0 amide bonds. The zero-order valence-electron chi connectivity index (χ0n) is 12.6. The van der Waals surface area contributed by atoms with Crippen molar-refractivity contribution in [3.05, 3.63) is 34.9 Å². The molecule has 1 aliphatic carbocycles. The molecule has 106 valence electrons. The topological polar surface area (TPSA) is 38.0 Å². The number of rotatable bonds is 4. The molecular formula is C17H28N2. The van der Waals surface area contributed by atoms with Crippen molar-refractivity contribution in [2.24, 2.45) is 17.7 Å². The quantitative estimate of drug-likeness (QED) is 0.642. The van der Waals surface area contributed by atoms with Crippen LogP contribution in [0, 0.1) is 25.7 Å². The van der Waals surface area contributed by atoms with E-state index in [0.29, 0.717) is 6.04 Å². The molecule has 3 N–H and O–H groups in total. The van der Waals surface area contributed by atoms with Gasteiger partial charge in [0.05, 0.1) is 0 Å². The van der Waals surface area contributed by atoms with Gasteiger partial charge in [0, 0.05) is 6.04 Å². The normalized spacial score (nSPS) is 25.3. The Hall–Kier alpha value is -0.860. The van der Waals surface area contributed by atoms with Crippen LogP contribution in [0.5, 0.6) is 0 Å². The molecule has 19 heavy (non-hydrogen) atoms. The summed E-state index contributed by atoms with van der Waals surface area (Å²) in [5.74, 6) is 7.42. The molecule has 0 aliphatic heterocycles. The number of benzene rings is 1. The van der Waals surface area contributed by atoms with Crippen LogP contribution >= 0.6 is 0 Å². The van der Waals surface area contributed by atoms with Crippen molar-refractivity contribution in [3.8, 4) is 0 Å². The van der Waals surface area contributed by atoms with Crippen LogP contribution in [-0.2, 0) is 6.42 Å². The number of aryl methyl sites for hydroxylation is 2. The van der Waals surface area contributed by atoms with Gasteiger partial charge >= 0.3 is 0 Å². The Bertz CT molecular complexity index is 414. The van der Waals surface area contributed by atoms with Gasteiger partial charge in [-0.1, -0.05) is 43.5 Å². The van der Waals surface area contributed by atoms with Gasteiger partial charge in [-0.05, 0) is 56.1 Å². The van der Waals surface area contributed by atoms with E-state index in [0.717, 1.165) is 18.3 Å². The standard InChI is InChI=1S/C17H28N2/c1-12-5-4-6-15(9-12)17(19-18)11-16-10-13(2)7-8-14(16)3/h7-8,10,12,15,17,19H,4-6,9,11,18H2,1-3H3. The minimum atomic E-state index is 0.420. The number of hydrazine groups is 1. The number of hydrogen-bond acceptors (Lipinski definition) is 2. The molecule has 2 rings (SSSR count). The maximum absolute atomic E-state index is 5.84. The predicted molar refractivity (Wildman–Crippen MR) is 81.9 cm³/mol. The first kappa shape index (κ1) is 14.5. The second kappa shape index (κ2) is 6.53. The predicted octanol–water partition coefficient (Wildman–Crippen LogP) is 3.50. The van der Waals surface area contributed by atoms with Gasteiger partial charge in [0.1, 0.15) is 0 Å². The highest BCUT2D eigenvalue weighted by Crippen LogP contribution is 2.32. The molecule has 0 bridgehead atoms. The summed E-state index contributed by atoms with van der Waals surface area (Å²) in [6.07, 6.45) is 6.44. The Morgan fingerprint density at radius 1 is 1.32 bits per heavy atom. The first-order valence-electron chi connectivity index (χ1n) is 7.62. The molecule has 0 saturated heterocycles. The number of hydrogen-bond donors (Lipinski definition) is 2. The van der Waals surface area contributed by atoms with Crippen LogP contribution in [0.4, 0.5) is 0 Å². The zero-order valence-corrected chi connectivity index (χ0v) is 12.6. The fourth-order valence-corrected chi connectivity index (χ4v) is 3.47. The average Bonchev–Trinajstić information content (AvgIpc) is 2.39. The molecule has 1 saturated carbocycles. The molecule has 3 unspecified atom stereocenters. The van der Waals surface area contributed by atoms with E-state index in [1.54, 1.807) is 0 Å². The van der Waals surface area contributed by atoms with Gasteiger partial charge in [-0.2, -0.15) is 0 Å². The van der Waals surface area contributed by atoms with Crippen LogP contribution in [-0.4, -0.2) is 6.04 Å². The summed E-state index contributed by atoms with van der Waals surface area (Å²) in [5, 5.41) is 0. The highest BCUT2D eigenvalue weighted by atomic mass is 15.2. The van der Waals surface area contributed by atoms with E-state index in [4.69, 9.17) is 5.84 Å². The molecule has 2 nitrogen and oxygen atoms in total. The molecule has 1 aliphatic rings. The van der Waals surface area contributed by atoms with Crippen molar-refractivity contribution in [1.82, 2.24) is 5.43 Å². The van der Waals surface area contributed by atoms with Crippen molar-refractivity contribution in [2.45, 2.75) is 58.9 Å². The number of nitrogens with one attached hydrogen (secondary N) is 1. The van der Waals surface area contributed by atoms with Gasteiger partial charge in [-0.25, -0.2) is 0 Å². The highest BCUT2D eigenvalue weighted by molar-refractivity contribution is 5.31. The number of nitrogens with two attached hydrogens (primary N) is 1. The van der Waals surface area contributed by atoms with Crippen molar-refractivity contribution in [3.63, 3.8) is 0 Å². The summed E-state index contributed by atoms with van der Waals surface area (Å²) < 4.78 is 0. The molecule has 0 radical (unpaired) electrons. The molecule has 0 aromatic heterocycles. The van der Waals surface area contributed by atoms with Gasteiger partial charge in [0.2, 0.25) is 0 Å². The van der Waals surface area contributed by atoms with E-state index in [2.05, 4.69) is 44.4 Å². The van der Waals surface area contributed by atoms with Gasteiger partial charge in [-0.3, -0.25) is 11.3 Å². The molecule has 2 heteroatoms. The van der Waals surface area contributed by atoms with Gasteiger partial charge < -0.3 is 0 Å². The molecule has 1 aromatic carbocycles. The van der Waals surface area contributed by atoms with Crippen molar-refractivity contribution in [2.75, 3.05) is 0 Å². The van der Waals surface area contributed by atoms with E-state index < -0.39 is 0 Å². The first-order chi connectivity index (χ1) is 9.10. The molecule has 0 spiro atoms. The Morgan fingerprint density at radius 3 is 2.79 bits per heavy atom. The van der Waals surface area contributed by atoms with E-state index in [-0.39, 0.29) is 0 Å². The lowest BCUT2D eigenvalue weighted by Gasteiger charge is -2.33. The summed E-state index contributed by atoms with van der Waals surface area (Å²) in [6, 6.07) is 7.14. The first-order valence-corrected chi connectivity index (χ1v) is 7.62. The second-order valence-corrected chi connectivity index (χ2v) is 6.44. The summed E-state index contributed by atoms with van der Waals surface area (Å²) in [5.41, 5.74) is 7.26. The minimum absolute atomic E-state index is 0.420. The SMILES string of the molecule is Cc1ccc(C)c(CC(NN)C2CCCC(C)C2)c1. The summed E-state index contributed by atoms with van der Waals surface area (Å²) in [6.45, 7) is 6.74. The fraction of sp³-hybridized carbons (Fsp3) is 0.647. The van der Waals surface area contributed by atoms with Crippen molar-refractivity contribution in [1.29, 1.82) is 0 Å². The van der Waals surface area contributed by atoms with Crippen LogP contribution in [0.1, 0.15) is 49.3 Å². The summed E-state index contributed by atoms with van der Waals surface area (Å²) in [4.78, 5) is 0. The molecule has 1 fully saturated rings. The molecular weight excluding hydrogens is 232 g/mol. The highest BCUT2D eigenvalue weighted by Gasteiger charge is 2.26. The van der Waals surface area contributed by atoms with Crippen LogP contribution in [0.2, 0.25) is 0 Å². The second-order valence-electron chi connectivity index (χ2n) is 6.44. The third-order valence-electron chi connectivity index (χ3n) is 4.70. The van der Waals surface area contributed by atoms with Crippen LogP contribution in [0.15, 0.2) is 18.2 Å². The Labute approximate surface area is 117 Å². The minimum Gasteiger partial charge on any atom is -0.271 e. The lowest BCUT2D eigenvalue weighted by molar-refractivity contribution is 0.222. The van der Waals surface area contributed by atoms with E-state index in [9.17, 15) is 0 Å². The van der Waals surface area contributed by atoms with Crippen LogP contribution in [0.25, 0.3) is 0 Å². The third-order valence-corrected chi connectivity index (χ3v) is 4.70. The van der Waals surface area contributed by atoms with Gasteiger partial charge in [-0.15, -0.1) is 0 Å². The molecule has 3 atom stereocenters. The van der Waals surface area contributed by atoms with Crippen LogP contribution in [0.3, 0.4) is 0 Å². The lowest BCUT2D eigenvalue weighted by Crippen LogP contribution is -2.44. The summed E-state index contributed by atoms with van der Waals surface area (Å²) in [7, 11) is 0. The average molecular weight is 260 g/mol. The Kier molecular flexibility index (Phi) is 5.00. The lowest BCUT2D eigenvalue weighted by atomic mass is 9.77. The van der Waals surface area contributed by atoms with E-state index >= 15 is 0 Å². The maximum atomic E-state index is 5.84. The monoisotopic (exact) mass is 260 g/mol. The smallest absolute Gasteiger partial charge is 0.0279 e. The third kappa shape index (κ3) is 3.80. The van der Waals surface area contributed by atoms with Gasteiger partial charge in [0.15, 0.2) is 0 Å². The summed E-state index contributed by atoms with van der Waals surface area (Å²) >= 11 is 0. The van der Waals surface area contributed by atoms with Crippen LogP contribution < -0.4 is 11.3 Å². The Balaban J connectivity index is 2.07. The zero-order chi connectivity index (χ0) is 13.8. The fourth-order valence-electron chi connectivity index (χ4n) is 3.47.